The van der Waals surface area contributed by atoms with Crippen molar-refractivity contribution in [2.45, 2.75) is 38.3 Å². The molecule has 6 nitrogen and oxygen atoms in total. The highest BCUT2D eigenvalue weighted by Gasteiger charge is 2.25. The molecule has 2 heterocycles. The maximum atomic E-state index is 5.35. The molecule has 0 amide bonds. The number of aromatic nitrogens is 3. The molecule has 0 unspecified atom stereocenters. The molecule has 1 aliphatic carbocycles. The fraction of sp³-hybridized carbons (Fsp3) is 0.438. The van der Waals surface area contributed by atoms with E-state index in [1.54, 1.807) is 12.4 Å². The van der Waals surface area contributed by atoms with Crippen molar-refractivity contribution in [1.82, 2.24) is 15.0 Å². The Morgan fingerprint density at radius 3 is 2.48 bits per heavy atom. The average molecular weight is 425 g/mol. The molecule has 2 aromatic heterocycles. The third kappa shape index (κ3) is 4.66. The summed E-state index contributed by atoms with van der Waals surface area (Å²) in [6, 6.07) is 4.91. The van der Waals surface area contributed by atoms with E-state index < -0.39 is 0 Å². The molecule has 0 bridgehead atoms. The minimum absolute atomic E-state index is 0.384. The van der Waals surface area contributed by atoms with Gasteiger partial charge in [0, 0.05) is 21.9 Å². The number of rotatable bonds is 6. The van der Waals surface area contributed by atoms with E-state index in [0.717, 1.165) is 28.7 Å². The first-order valence-corrected chi connectivity index (χ1v) is 8.90. The summed E-state index contributed by atoms with van der Waals surface area (Å²) < 4.78 is 6.50. The van der Waals surface area contributed by atoms with Crippen LogP contribution in [-0.4, -0.2) is 33.6 Å². The van der Waals surface area contributed by atoms with Gasteiger partial charge in [-0.1, -0.05) is 0 Å². The maximum absolute atomic E-state index is 5.35. The smallest absolute Gasteiger partial charge is 0.223 e. The van der Waals surface area contributed by atoms with Crippen LogP contribution in [0, 0.1) is 3.57 Å². The average Bonchev–Trinajstić information content (AvgIpc) is 2.99. The van der Waals surface area contributed by atoms with E-state index in [-0.39, 0.29) is 0 Å². The lowest BCUT2D eigenvalue weighted by Crippen LogP contribution is -2.22. The van der Waals surface area contributed by atoms with Crippen molar-refractivity contribution in [3.8, 4) is 5.75 Å². The summed E-state index contributed by atoms with van der Waals surface area (Å²) in [6.45, 7) is 2.57. The number of hydrogen-bond donors (Lipinski definition) is 2. The van der Waals surface area contributed by atoms with Crippen molar-refractivity contribution in [2.24, 2.45) is 0 Å². The van der Waals surface area contributed by atoms with Crippen LogP contribution in [0.1, 0.15) is 26.2 Å². The summed E-state index contributed by atoms with van der Waals surface area (Å²) in [7, 11) is 0. The number of nitrogens with zero attached hydrogens (tertiary/aromatic N) is 3. The second-order valence-corrected chi connectivity index (χ2v) is 6.78. The molecule has 0 spiro atoms. The van der Waals surface area contributed by atoms with E-state index in [1.165, 1.54) is 0 Å². The van der Waals surface area contributed by atoms with Crippen molar-refractivity contribution in [1.29, 1.82) is 0 Å². The van der Waals surface area contributed by atoms with E-state index in [2.05, 4.69) is 54.2 Å². The van der Waals surface area contributed by atoms with Crippen LogP contribution in [0.25, 0.3) is 0 Å². The molecule has 122 valence electrons. The van der Waals surface area contributed by atoms with Gasteiger partial charge in [-0.25, -0.2) is 15.0 Å². The number of ether oxygens (including phenoxy) is 1. The standard InChI is InChI=1S/C16H20IN5O/c1-2-23-14-9-19-16(20-10-14)22-13-5-4-12(7-13)21-15-6-3-11(17)8-18-15/h3,6,8-10,12-13H,2,4-5,7H2,1H3,(H,18,21)(H,19,20,22)/t12-,13-/m0/s1. The topological polar surface area (TPSA) is 72.0 Å². The molecule has 0 radical (unpaired) electrons. The molecule has 2 atom stereocenters. The molecular formula is C16H20IN5O. The largest absolute Gasteiger partial charge is 0.491 e. The summed E-state index contributed by atoms with van der Waals surface area (Å²) in [5.41, 5.74) is 0. The number of halogens is 1. The lowest BCUT2D eigenvalue weighted by atomic mass is 10.2. The van der Waals surface area contributed by atoms with Crippen LogP contribution in [0.2, 0.25) is 0 Å². The first-order valence-electron chi connectivity index (χ1n) is 7.82. The van der Waals surface area contributed by atoms with Crippen LogP contribution >= 0.6 is 22.6 Å². The van der Waals surface area contributed by atoms with Gasteiger partial charge in [0.05, 0.1) is 19.0 Å². The minimum atomic E-state index is 0.384. The Hall–Kier alpha value is -1.64. The molecule has 23 heavy (non-hydrogen) atoms. The second kappa shape index (κ2) is 7.76. The number of nitrogens with one attached hydrogen (secondary N) is 2. The first-order chi connectivity index (χ1) is 11.2. The van der Waals surface area contributed by atoms with E-state index in [0.29, 0.717) is 30.4 Å². The molecule has 0 aromatic carbocycles. The predicted molar refractivity (Wildman–Crippen MR) is 98.8 cm³/mol. The van der Waals surface area contributed by atoms with Crippen molar-refractivity contribution in [2.75, 3.05) is 17.2 Å². The Morgan fingerprint density at radius 2 is 1.83 bits per heavy atom. The summed E-state index contributed by atoms with van der Waals surface area (Å²) in [5, 5.41) is 6.89. The number of pyridine rings is 1. The summed E-state index contributed by atoms with van der Waals surface area (Å²) in [6.07, 6.45) is 8.53. The molecule has 1 aliphatic rings. The predicted octanol–water partition coefficient (Wildman–Crippen LogP) is 3.32. The third-order valence-corrected chi connectivity index (χ3v) is 4.42. The Balaban J connectivity index is 1.50. The van der Waals surface area contributed by atoms with E-state index in [9.17, 15) is 0 Å². The Morgan fingerprint density at radius 1 is 1.09 bits per heavy atom. The van der Waals surface area contributed by atoms with Gasteiger partial charge in [-0.15, -0.1) is 0 Å². The number of anilines is 2. The van der Waals surface area contributed by atoms with Gasteiger partial charge in [0.2, 0.25) is 5.95 Å². The molecule has 2 N–H and O–H groups in total. The highest BCUT2D eigenvalue weighted by Crippen LogP contribution is 2.24. The van der Waals surface area contributed by atoms with Gasteiger partial charge in [0.25, 0.3) is 0 Å². The fourth-order valence-corrected chi connectivity index (χ4v) is 3.05. The van der Waals surface area contributed by atoms with Gasteiger partial charge in [-0.3, -0.25) is 0 Å². The van der Waals surface area contributed by atoms with Crippen molar-refractivity contribution < 1.29 is 4.74 Å². The molecule has 3 rings (SSSR count). The molecule has 7 heteroatoms. The highest BCUT2D eigenvalue weighted by atomic mass is 127. The van der Waals surface area contributed by atoms with Gasteiger partial charge >= 0.3 is 0 Å². The lowest BCUT2D eigenvalue weighted by molar-refractivity contribution is 0.337. The van der Waals surface area contributed by atoms with Crippen LogP contribution in [0.5, 0.6) is 5.75 Å². The van der Waals surface area contributed by atoms with Gasteiger partial charge in [-0.05, 0) is 60.9 Å². The lowest BCUT2D eigenvalue weighted by Gasteiger charge is -2.15. The second-order valence-electron chi connectivity index (χ2n) is 5.53. The van der Waals surface area contributed by atoms with E-state index >= 15 is 0 Å². The zero-order valence-electron chi connectivity index (χ0n) is 13.0. The summed E-state index contributed by atoms with van der Waals surface area (Å²) in [4.78, 5) is 13.0. The SMILES string of the molecule is CCOc1cnc(N[C@H]2CC[C@H](Nc3ccc(I)cn3)C2)nc1. The Bertz CT molecular complexity index is 619. The van der Waals surface area contributed by atoms with Crippen molar-refractivity contribution in [3.63, 3.8) is 0 Å². The van der Waals surface area contributed by atoms with Crippen LogP contribution < -0.4 is 15.4 Å². The summed E-state index contributed by atoms with van der Waals surface area (Å²) in [5.74, 6) is 2.30. The fourth-order valence-electron chi connectivity index (χ4n) is 2.73. The first kappa shape index (κ1) is 16.2. The quantitative estimate of drug-likeness (QED) is 0.693. The third-order valence-electron chi connectivity index (χ3n) is 3.78. The van der Waals surface area contributed by atoms with Crippen LogP contribution in [0.3, 0.4) is 0 Å². The monoisotopic (exact) mass is 425 g/mol. The van der Waals surface area contributed by atoms with E-state index in [1.807, 2.05) is 19.2 Å². The molecule has 1 fully saturated rings. The maximum Gasteiger partial charge on any atom is 0.223 e. The molecule has 0 aliphatic heterocycles. The highest BCUT2D eigenvalue weighted by molar-refractivity contribution is 14.1. The molecule has 1 saturated carbocycles. The molecule has 2 aromatic rings. The van der Waals surface area contributed by atoms with E-state index in [4.69, 9.17) is 4.74 Å². The van der Waals surface area contributed by atoms with Gasteiger partial charge in [0.15, 0.2) is 5.75 Å². The number of hydrogen-bond acceptors (Lipinski definition) is 6. The van der Waals surface area contributed by atoms with Crippen molar-refractivity contribution >= 4 is 34.4 Å². The molecule has 0 saturated heterocycles. The van der Waals surface area contributed by atoms with Crippen molar-refractivity contribution in [3.05, 3.63) is 34.3 Å². The molecular weight excluding hydrogens is 405 g/mol. The zero-order valence-corrected chi connectivity index (χ0v) is 15.2. The van der Waals surface area contributed by atoms with Gasteiger partial charge in [-0.2, -0.15) is 0 Å². The normalized spacial score (nSPS) is 20.3. The van der Waals surface area contributed by atoms with Gasteiger partial charge < -0.3 is 15.4 Å². The Kier molecular flexibility index (Phi) is 5.47. The van der Waals surface area contributed by atoms with Gasteiger partial charge in [0.1, 0.15) is 5.82 Å². The minimum Gasteiger partial charge on any atom is -0.491 e. The zero-order chi connectivity index (χ0) is 16.1. The van der Waals surface area contributed by atoms with Crippen LogP contribution in [0.4, 0.5) is 11.8 Å². The van der Waals surface area contributed by atoms with Crippen LogP contribution in [0.15, 0.2) is 30.7 Å². The Labute approximate surface area is 149 Å². The van der Waals surface area contributed by atoms with Crippen LogP contribution in [-0.2, 0) is 0 Å². The summed E-state index contributed by atoms with van der Waals surface area (Å²) >= 11 is 2.26.